The Balaban J connectivity index is 1.42. The minimum atomic E-state index is -0.734. The Morgan fingerprint density at radius 3 is 2.50 bits per heavy atom. The summed E-state index contributed by atoms with van der Waals surface area (Å²) >= 11 is 0. The molecule has 0 radical (unpaired) electrons. The lowest BCUT2D eigenvalue weighted by Gasteiger charge is -2.33. The molecule has 1 aliphatic heterocycles. The van der Waals surface area contributed by atoms with Gasteiger partial charge in [-0.05, 0) is 50.2 Å². The molecule has 1 saturated heterocycles. The van der Waals surface area contributed by atoms with Crippen LogP contribution >= 0.6 is 0 Å². The molecular formula is C19H21F2N3O2. The first-order valence-corrected chi connectivity index (χ1v) is 8.94. The minimum absolute atomic E-state index is 0.0970. The first kappa shape index (κ1) is 17.0. The molecule has 2 aromatic rings. The maximum Gasteiger partial charge on any atom is 0.268 e. The fourth-order valence-electron chi connectivity index (χ4n) is 3.77. The van der Waals surface area contributed by atoms with Gasteiger partial charge in [0.05, 0.1) is 5.52 Å². The summed E-state index contributed by atoms with van der Waals surface area (Å²) in [4.78, 5) is 29.5. The molecule has 2 aliphatic rings. The normalized spacial score (nSPS) is 19.6. The van der Waals surface area contributed by atoms with Crippen LogP contribution in [0.5, 0.6) is 0 Å². The largest absolute Gasteiger partial charge is 0.350 e. The van der Waals surface area contributed by atoms with Gasteiger partial charge in [-0.2, -0.15) is 0 Å². The van der Waals surface area contributed by atoms with Crippen LogP contribution < -0.4 is 5.32 Å². The zero-order chi connectivity index (χ0) is 18.5. The van der Waals surface area contributed by atoms with Gasteiger partial charge in [0.2, 0.25) is 5.91 Å². The van der Waals surface area contributed by atoms with Crippen molar-refractivity contribution in [2.75, 3.05) is 13.1 Å². The van der Waals surface area contributed by atoms with Gasteiger partial charge in [-0.3, -0.25) is 9.59 Å². The van der Waals surface area contributed by atoms with Crippen LogP contribution in [0.3, 0.4) is 0 Å². The second-order valence-electron chi connectivity index (χ2n) is 7.55. The second kappa shape index (κ2) is 6.07. The number of hydrogen-bond donors (Lipinski definition) is 2. The molecular weight excluding hydrogens is 340 g/mol. The average molecular weight is 361 g/mol. The number of amides is 2. The van der Waals surface area contributed by atoms with E-state index < -0.39 is 23.6 Å². The molecule has 7 heteroatoms. The molecule has 1 aliphatic carbocycles. The van der Waals surface area contributed by atoms with Crippen LogP contribution in [0.2, 0.25) is 0 Å². The molecule has 26 heavy (non-hydrogen) atoms. The number of carbonyl (C=O) groups excluding carboxylic acids is 2. The van der Waals surface area contributed by atoms with Gasteiger partial charge in [-0.15, -0.1) is 0 Å². The van der Waals surface area contributed by atoms with Gasteiger partial charge in [0, 0.05) is 24.5 Å². The maximum atomic E-state index is 13.8. The number of rotatable bonds is 3. The van der Waals surface area contributed by atoms with Crippen LogP contribution in [0, 0.1) is 17.0 Å². The van der Waals surface area contributed by atoms with Crippen LogP contribution in [-0.2, 0) is 4.79 Å². The molecule has 0 unspecified atom stereocenters. The molecule has 1 aromatic carbocycles. The standard InChI is InChI=1S/C19H21F2N3O2/c1-11(18(26)24-6-4-19(2-3-19)5-7-24)22-17(25)16-10-13-14(21)8-12(20)9-15(13)23-16/h8-11,23H,2-7H2,1H3,(H,22,25)/t11-/m0/s1. The highest BCUT2D eigenvalue weighted by Crippen LogP contribution is 2.53. The molecule has 5 nitrogen and oxygen atoms in total. The summed E-state index contributed by atoms with van der Waals surface area (Å²) in [6.45, 7) is 3.11. The fraction of sp³-hybridized carbons (Fsp3) is 0.474. The van der Waals surface area contributed by atoms with Crippen LogP contribution in [0.4, 0.5) is 8.78 Å². The van der Waals surface area contributed by atoms with Gasteiger partial charge in [0.25, 0.3) is 5.91 Å². The Morgan fingerprint density at radius 1 is 1.15 bits per heavy atom. The molecule has 4 rings (SSSR count). The minimum Gasteiger partial charge on any atom is -0.350 e. The number of hydrogen-bond acceptors (Lipinski definition) is 2. The van der Waals surface area contributed by atoms with Crippen LogP contribution in [0.1, 0.15) is 43.1 Å². The number of piperidine rings is 1. The van der Waals surface area contributed by atoms with E-state index in [1.165, 1.54) is 18.9 Å². The first-order chi connectivity index (χ1) is 12.4. The number of nitrogens with zero attached hydrogens (tertiary/aromatic N) is 1. The van der Waals surface area contributed by atoms with Crippen molar-refractivity contribution in [3.8, 4) is 0 Å². The third-order valence-electron chi connectivity index (χ3n) is 5.71. The number of likely N-dealkylation sites (tertiary alicyclic amines) is 1. The van der Waals surface area contributed by atoms with E-state index in [1.54, 1.807) is 11.8 Å². The van der Waals surface area contributed by atoms with E-state index in [2.05, 4.69) is 10.3 Å². The summed E-state index contributed by atoms with van der Waals surface area (Å²) < 4.78 is 27.1. The lowest BCUT2D eigenvalue weighted by Crippen LogP contribution is -2.49. The van der Waals surface area contributed by atoms with Gasteiger partial charge >= 0.3 is 0 Å². The molecule has 2 heterocycles. The van der Waals surface area contributed by atoms with Crippen molar-refractivity contribution >= 4 is 22.7 Å². The van der Waals surface area contributed by atoms with Crippen molar-refractivity contribution in [3.05, 3.63) is 35.5 Å². The monoisotopic (exact) mass is 361 g/mol. The number of aromatic amines is 1. The maximum absolute atomic E-state index is 13.8. The molecule has 2 fully saturated rings. The van der Waals surface area contributed by atoms with E-state index in [0.717, 1.165) is 38.1 Å². The molecule has 0 bridgehead atoms. The zero-order valence-corrected chi connectivity index (χ0v) is 14.6. The summed E-state index contributed by atoms with van der Waals surface area (Å²) in [5, 5.41) is 2.79. The van der Waals surface area contributed by atoms with Gasteiger partial charge in [-0.1, -0.05) is 0 Å². The summed E-state index contributed by atoms with van der Waals surface area (Å²) in [7, 11) is 0. The van der Waals surface area contributed by atoms with E-state index in [0.29, 0.717) is 5.41 Å². The molecule has 2 N–H and O–H groups in total. The van der Waals surface area contributed by atoms with E-state index in [1.807, 2.05) is 0 Å². The highest BCUT2D eigenvalue weighted by atomic mass is 19.1. The third kappa shape index (κ3) is 3.06. The number of fused-ring (bicyclic) bond motifs is 1. The number of H-pyrrole nitrogens is 1. The molecule has 138 valence electrons. The quantitative estimate of drug-likeness (QED) is 0.883. The topological polar surface area (TPSA) is 65.2 Å². The summed E-state index contributed by atoms with van der Waals surface area (Å²) in [6, 6.07) is 2.55. The lowest BCUT2D eigenvalue weighted by molar-refractivity contribution is -0.134. The number of benzene rings is 1. The number of halogens is 2. The van der Waals surface area contributed by atoms with E-state index in [-0.39, 0.29) is 22.5 Å². The molecule has 2 amide bonds. The van der Waals surface area contributed by atoms with Crippen molar-refractivity contribution in [2.24, 2.45) is 5.41 Å². The molecule has 1 saturated carbocycles. The van der Waals surface area contributed by atoms with Crippen LogP contribution in [0.15, 0.2) is 18.2 Å². The number of carbonyl (C=O) groups is 2. The zero-order valence-electron chi connectivity index (χ0n) is 14.6. The van der Waals surface area contributed by atoms with Gasteiger partial charge in [0.15, 0.2) is 0 Å². The van der Waals surface area contributed by atoms with Crippen molar-refractivity contribution in [2.45, 2.75) is 38.6 Å². The fourth-order valence-corrected chi connectivity index (χ4v) is 3.77. The lowest BCUT2D eigenvalue weighted by atomic mass is 9.93. The highest BCUT2D eigenvalue weighted by Gasteiger charge is 2.45. The Hall–Kier alpha value is -2.44. The predicted octanol–water partition coefficient (Wildman–Crippen LogP) is 2.97. The molecule has 1 aromatic heterocycles. The summed E-state index contributed by atoms with van der Waals surface area (Å²) in [5.41, 5.74) is 0.782. The van der Waals surface area contributed by atoms with Gasteiger partial charge < -0.3 is 15.2 Å². The predicted molar refractivity (Wildman–Crippen MR) is 92.6 cm³/mol. The van der Waals surface area contributed by atoms with Crippen molar-refractivity contribution < 1.29 is 18.4 Å². The van der Waals surface area contributed by atoms with E-state index >= 15 is 0 Å². The average Bonchev–Trinajstić information content (AvgIpc) is 3.20. The molecule has 1 spiro atoms. The van der Waals surface area contributed by atoms with Crippen molar-refractivity contribution in [1.82, 2.24) is 15.2 Å². The Kier molecular flexibility index (Phi) is 3.97. The van der Waals surface area contributed by atoms with E-state index in [4.69, 9.17) is 0 Å². The third-order valence-corrected chi connectivity index (χ3v) is 5.71. The highest BCUT2D eigenvalue weighted by molar-refractivity contribution is 6.00. The van der Waals surface area contributed by atoms with Crippen LogP contribution in [0.25, 0.3) is 10.9 Å². The summed E-state index contributed by atoms with van der Waals surface area (Å²) in [6.07, 6.45) is 4.59. The van der Waals surface area contributed by atoms with Crippen molar-refractivity contribution in [1.29, 1.82) is 0 Å². The smallest absolute Gasteiger partial charge is 0.268 e. The SMILES string of the molecule is C[C@H](NC(=O)c1cc2c(F)cc(F)cc2[nH]1)C(=O)N1CCC2(CC1)CC2. The van der Waals surface area contributed by atoms with Crippen molar-refractivity contribution in [3.63, 3.8) is 0 Å². The Bertz CT molecular complexity index is 878. The Labute approximate surface area is 149 Å². The van der Waals surface area contributed by atoms with Gasteiger partial charge in [0.1, 0.15) is 23.4 Å². The number of aromatic nitrogens is 1. The molecule has 1 atom stereocenters. The van der Waals surface area contributed by atoms with Crippen LogP contribution in [-0.4, -0.2) is 40.8 Å². The summed E-state index contributed by atoms with van der Waals surface area (Å²) in [5.74, 6) is -2.08. The van der Waals surface area contributed by atoms with Gasteiger partial charge in [-0.25, -0.2) is 8.78 Å². The first-order valence-electron chi connectivity index (χ1n) is 8.94. The van der Waals surface area contributed by atoms with E-state index in [9.17, 15) is 18.4 Å². The second-order valence-corrected chi connectivity index (χ2v) is 7.55. The number of nitrogens with one attached hydrogen (secondary N) is 2. The Morgan fingerprint density at radius 2 is 1.85 bits per heavy atom.